The van der Waals surface area contributed by atoms with E-state index in [1.807, 2.05) is 12.1 Å². The average Bonchev–Trinajstić information content (AvgIpc) is 2.39. The smallest absolute Gasteiger partial charge is 0.308 e. The Morgan fingerprint density at radius 1 is 1.32 bits per heavy atom. The van der Waals surface area contributed by atoms with Gasteiger partial charge >= 0.3 is 5.97 Å². The fourth-order valence-electron chi connectivity index (χ4n) is 2.28. The number of carbonyl (C=O) groups is 1. The van der Waals surface area contributed by atoms with Gasteiger partial charge in [-0.25, -0.2) is 0 Å². The molecule has 1 aromatic rings. The lowest BCUT2D eigenvalue weighted by molar-refractivity contribution is -0.132. The van der Waals surface area contributed by atoms with Crippen molar-refractivity contribution in [3.63, 3.8) is 0 Å². The first-order valence-corrected chi connectivity index (χ1v) is 6.30. The number of nitrogens with one attached hydrogen (secondary N) is 1. The molecule has 1 saturated heterocycles. The van der Waals surface area contributed by atoms with Crippen molar-refractivity contribution < 1.29 is 14.3 Å². The highest BCUT2D eigenvalue weighted by atomic mass is 35.5. The summed E-state index contributed by atoms with van der Waals surface area (Å²) in [7, 11) is 1.58. The summed E-state index contributed by atoms with van der Waals surface area (Å²) in [5.41, 5.74) is 1.18. The number of benzene rings is 1. The number of piperidine rings is 1. The second-order valence-corrected chi connectivity index (χ2v) is 4.51. The molecule has 2 rings (SSSR count). The molecular formula is C14H20ClNO3. The van der Waals surface area contributed by atoms with E-state index in [2.05, 4.69) is 5.32 Å². The maximum atomic E-state index is 11.0. The van der Waals surface area contributed by atoms with Gasteiger partial charge in [0.05, 0.1) is 7.11 Å². The van der Waals surface area contributed by atoms with Gasteiger partial charge in [0.1, 0.15) is 0 Å². The van der Waals surface area contributed by atoms with Crippen LogP contribution in [0.3, 0.4) is 0 Å². The second-order valence-electron chi connectivity index (χ2n) is 4.51. The molecule has 1 aromatic carbocycles. The van der Waals surface area contributed by atoms with E-state index < -0.39 is 0 Å². The van der Waals surface area contributed by atoms with Crippen molar-refractivity contribution in [3.8, 4) is 11.5 Å². The Kier molecular flexibility index (Phi) is 6.12. The molecule has 0 amide bonds. The molecule has 0 aliphatic carbocycles. The first-order valence-electron chi connectivity index (χ1n) is 6.30. The molecule has 1 fully saturated rings. The van der Waals surface area contributed by atoms with E-state index in [9.17, 15) is 4.79 Å². The predicted molar refractivity (Wildman–Crippen MR) is 76.1 cm³/mol. The Morgan fingerprint density at radius 3 is 2.68 bits per heavy atom. The molecular weight excluding hydrogens is 266 g/mol. The molecule has 0 unspecified atom stereocenters. The molecule has 0 saturated carbocycles. The summed E-state index contributed by atoms with van der Waals surface area (Å²) >= 11 is 0. The molecule has 0 bridgehead atoms. The van der Waals surface area contributed by atoms with E-state index >= 15 is 0 Å². The van der Waals surface area contributed by atoms with Crippen molar-refractivity contribution in [2.24, 2.45) is 0 Å². The molecule has 19 heavy (non-hydrogen) atoms. The highest BCUT2D eigenvalue weighted by Crippen LogP contribution is 2.32. The fourth-order valence-corrected chi connectivity index (χ4v) is 2.28. The van der Waals surface area contributed by atoms with E-state index in [1.165, 1.54) is 25.3 Å². The zero-order valence-electron chi connectivity index (χ0n) is 11.3. The third-order valence-electron chi connectivity index (χ3n) is 3.15. The van der Waals surface area contributed by atoms with Crippen molar-refractivity contribution >= 4 is 18.4 Å². The summed E-state index contributed by atoms with van der Waals surface area (Å²) in [6.45, 7) is 2.44. The summed E-state index contributed by atoms with van der Waals surface area (Å²) in [5, 5.41) is 3.48. The average molecular weight is 286 g/mol. The van der Waals surface area contributed by atoms with Crippen LogP contribution in [0.5, 0.6) is 11.5 Å². The lowest BCUT2D eigenvalue weighted by Gasteiger charge is -2.24. The van der Waals surface area contributed by atoms with Crippen LogP contribution in [0, 0.1) is 0 Å². The minimum Gasteiger partial charge on any atom is -0.493 e. The monoisotopic (exact) mass is 285 g/mol. The van der Waals surface area contributed by atoms with Crippen LogP contribution in [0.25, 0.3) is 0 Å². The Bertz CT molecular complexity index is 431. The van der Waals surface area contributed by atoms with E-state index in [0.717, 1.165) is 13.0 Å². The van der Waals surface area contributed by atoms with Gasteiger partial charge < -0.3 is 14.8 Å². The number of hydrogen-bond acceptors (Lipinski definition) is 4. The van der Waals surface area contributed by atoms with Gasteiger partial charge in [-0.3, -0.25) is 4.79 Å². The van der Waals surface area contributed by atoms with Crippen molar-refractivity contribution in [3.05, 3.63) is 23.8 Å². The van der Waals surface area contributed by atoms with E-state index in [4.69, 9.17) is 9.47 Å². The van der Waals surface area contributed by atoms with E-state index in [0.29, 0.717) is 17.5 Å². The van der Waals surface area contributed by atoms with Crippen molar-refractivity contribution in [1.29, 1.82) is 0 Å². The van der Waals surface area contributed by atoms with Gasteiger partial charge in [0.25, 0.3) is 0 Å². The summed E-state index contributed by atoms with van der Waals surface area (Å²) in [6, 6.07) is 6.11. The number of rotatable bonds is 3. The molecule has 5 heteroatoms. The molecule has 0 spiro atoms. The number of carbonyl (C=O) groups excluding carboxylic acids is 1. The fraction of sp³-hybridized carbons (Fsp3) is 0.500. The van der Waals surface area contributed by atoms with Crippen molar-refractivity contribution in [2.75, 3.05) is 13.7 Å². The van der Waals surface area contributed by atoms with Crippen LogP contribution < -0.4 is 14.8 Å². The molecule has 1 N–H and O–H groups in total. The Hall–Kier alpha value is -1.26. The Balaban J connectivity index is 0.00000180. The maximum Gasteiger partial charge on any atom is 0.308 e. The lowest BCUT2D eigenvalue weighted by Crippen LogP contribution is -2.26. The first kappa shape index (κ1) is 15.8. The number of ether oxygens (including phenoxy) is 2. The SMILES string of the molecule is COc1cc([C@@H]2CCCCN2)ccc1OC(C)=O.Cl. The number of hydrogen-bond donors (Lipinski definition) is 1. The van der Waals surface area contributed by atoms with Crippen LogP contribution in [0.4, 0.5) is 0 Å². The second kappa shape index (κ2) is 7.36. The van der Waals surface area contributed by atoms with Crippen LogP contribution in [0.2, 0.25) is 0 Å². The summed E-state index contributed by atoms with van der Waals surface area (Å²) < 4.78 is 10.4. The van der Waals surface area contributed by atoms with Gasteiger partial charge in [0.15, 0.2) is 11.5 Å². The van der Waals surface area contributed by atoms with Gasteiger partial charge in [-0.15, -0.1) is 12.4 Å². The zero-order chi connectivity index (χ0) is 13.0. The minimum absolute atomic E-state index is 0. The normalized spacial score (nSPS) is 18.3. The molecule has 4 nitrogen and oxygen atoms in total. The highest BCUT2D eigenvalue weighted by Gasteiger charge is 2.17. The standard InChI is InChI=1S/C14H19NO3.ClH/c1-10(16)18-13-7-6-11(9-14(13)17-2)12-5-3-4-8-15-12;/h6-7,9,12,15H,3-5,8H2,1-2H3;1H/t12-;/m0./s1. The molecule has 106 valence electrons. The Morgan fingerprint density at radius 2 is 2.11 bits per heavy atom. The van der Waals surface area contributed by atoms with Crippen molar-refractivity contribution in [1.82, 2.24) is 5.32 Å². The summed E-state index contributed by atoms with van der Waals surface area (Å²) in [5.74, 6) is 0.747. The minimum atomic E-state index is -0.336. The zero-order valence-corrected chi connectivity index (χ0v) is 12.1. The Labute approximate surface area is 119 Å². The number of methoxy groups -OCH3 is 1. The van der Waals surface area contributed by atoms with Crippen LogP contribution in [0.15, 0.2) is 18.2 Å². The van der Waals surface area contributed by atoms with Crippen LogP contribution >= 0.6 is 12.4 Å². The van der Waals surface area contributed by atoms with Gasteiger partial charge in [-0.1, -0.05) is 12.5 Å². The topological polar surface area (TPSA) is 47.6 Å². The molecule has 1 atom stereocenters. The first-order chi connectivity index (χ1) is 8.70. The van der Waals surface area contributed by atoms with Gasteiger partial charge in [-0.2, -0.15) is 0 Å². The highest BCUT2D eigenvalue weighted by molar-refractivity contribution is 5.85. The predicted octanol–water partition coefficient (Wildman–Crippen LogP) is 2.86. The number of esters is 1. The molecule has 0 aromatic heterocycles. The summed E-state index contributed by atoms with van der Waals surface area (Å²) in [4.78, 5) is 11.0. The van der Waals surface area contributed by atoms with Crippen LogP contribution in [-0.4, -0.2) is 19.6 Å². The summed E-state index contributed by atoms with van der Waals surface area (Å²) in [6.07, 6.45) is 3.61. The number of halogens is 1. The van der Waals surface area contributed by atoms with E-state index in [-0.39, 0.29) is 18.4 Å². The molecule has 1 aliphatic rings. The largest absolute Gasteiger partial charge is 0.493 e. The third kappa shape index (κ3) is 4.11. The van der Waals surface area contributed by atoms with Gasteiger partial charge in [0.2, 0.25) is 0 Å². The van der Waals surface area contributed by atoms with Crippen LogP contribution in [-0.2, 0) is 4.79 Å². The molecule has 1 aliphatic heterocycles. The lowest BCUT2D eigenvalue weighted by atomic mass is 9.97. The maximum absolute atomic E-state index is 11.0. The van der Waals surface area contributed by atoms with Gasteiger partial charge in [0, 0.05) is 13.0 Å². The van der Waals surface area contributed by atoms with Crippen LogP contribution in [0.1, 0.15) is 37.8 Å². The third-order valence-corrected chi connectivity index (χ3v) is 3.15. The van der Waals surface area contributed by atoms with Crippen molar-refractivity contribution in [2.45, 2.75) is 32.2 Å². The molecule has 1 heterocycles. The van der Waals surface area contributed by atoms with Gasteiger partial charge in [-0.05, 0) is 37.1 Å². The molecule has 0 radical (unpaired) electrons. The quantitative estimate of drug-likeness (QED) is 0.685. The van der Waals surface area contributed by atoms with E-state index in [1.54, 1.807) is 13.2 Å².